The number of hydrogen-bond acceptors (Lipinski definition) is 6. The largest absolute Gasteiger partial charge is 0.440 e. The first kappa shape index (κ1) is 19.1. The van der Waals surface area contributed by atoms with E-state index < -0.39 is 5.91 Å². The Balaban J connectivity index is 1.86. The van der Waals surface area contributed by atoms with E-state index in [2.05, 4.69) is 20.3 Å². The van der Waals surface area contributed by atoms with Crippen molar-refractivity contribution in [1.29, 1.82) is 0 Å². The fourth-order valence-corrected chi connectivity index (χ4v) is 2.81. The Kier molecular flexibility index (Phi) is 5.60. The summed E-state index contributed by atoms with van der Waals surface area (Å²) in [6, 6.07) is 5.31. The summed E-state index contributed by atoms with van der Waals surface area (Å²) in [5, 5.41) is 3.02. The maximum atomic E-state index is 12.7. The van der Waals surface area contributed by atoms with Gasteiger partial charge in [-0.25, -0.2) is 15.0 Å². The highest BCUT2D eigenvalue weighted by atomic mass is 35.5. The summed E-state index contributed by atoms with van der Waals surface area (Å²) in [6.45, 7) is 9.50. The van der Waals surface area contributed by atoms with Gasteiger partial charge in [0, 0.05) is 24.7 Å². The van der Waals surface area contributed by atoms with Crippen LogP contribution >= 0.6 is 11.6 Å². The molecular formula is C19H22ClN5O2. The van der Waals surface area contributed by atoms with Gasteiger partial charge in [-0.3, -0.25) is 4.79 Å². The van der Waals surface area contributed by atoms with Gasteiger partial charge in [-0.2, -0.15) is 0 Å². The average molecular weight is 388 g/mol. The monoisotopic (exact) mass is 387 g/mol. The molecule has 1 N–H and O–H groups in total. The van der Waals surface area contributed by atoms with Crippen molar-refractivity contribution in [1.82, 2.24) is 15.0 Å². The van der Waals surface area contributed by atoms with Crippen LogP contribution in [0.25, 0.3) is 11.1 Å². The minimum atomic E-state index is -0.400. The first-order chi connectivity index (χ1) is 12.9. The molecule has 142 valence electrons. The number of nitrogens with one attached hydrogen (secondary N) is 1. The average Bonchev–Trinajstić information content (AvgIpc) is 3.07. The van der Waals surface area contributed by atoms with Crippen LogP contribution in [-0.4, -0.2) is 33.9 Å². The second-order valence-electron chi connectivity index (χ2n) is 6.38. The lowest BCUT2D eigenvalue weighted by molar-refractivity contribution is 0.102. The van der Waals surface area contributed by atoms with Gasteiger partial charge in [0.25, 0.3) is 5.91 Å². The maximum Gasteiger partial charge on any atom is 0.276 e. The van der Waals surface area contributed by atoms with E-state index >= 15 is 0 Å². The molecule has 0 saturated heterocycles. The maximum absolute atomic E-state index is 12.7. The van der Waals surface area contributed by atoms with Crippen molar-refractivity contribution in [2.24, 2.45) is 0 Å². The number of carbonyl (C=O) groups excluding carboxylic acids is 1. The summed E-state index contributed by atoms with van der Waals surface area (Å²) in [5.41, 5.74) is 2.10. The zero-order valence-corrected chi connectivity index (χ0v) is 16.5. The van der Waals surface area contributed by atoms with E-state index in [0.717, 1.165) is 13.1 Å². The third-order valence-electron chi connectivity index (χ3n) is 4.15. The molecule has 3 rings (SSSR count). The fourth-order valence-electron chi connectivity index (χ4n) is 2.64. The lowest BCUT2D eigenvalue weighted by atomic mass is 10.2. The van der Waals surface area contributed by atoms with E-state index in [1.54, 1.807) is 18.2 Å². The van der Waals surface area contributed by atoms with Crippen molar-refractivity contribution >= 4 is 40.2 Å². The van der Waals surface area contributed by atoms with Crippen molar-refractivity contribution in [3.8, 4) is 0 Å². The summed E-state index contributed by atoms with van der Waals surface area (Å²) in [5.74, 6) is 0.927. The van der Waals surface area contributed by atoms with Gasteiger partial charge in [0.15, 0.2) is 17.2 Å². The van der Waals surface area contributed by atoms with E-state index in [9.17, 15) is 4.79 Å². The zero-order chi connectivity index (χ0) is 19.6. The summed E-state index contributed by atoms with van der Waals surface area (Å²) in [4.78, 5) is 27.6. The Morgan fingerprint density at radius 2 is 2.00 bits per heavy atom. The van der Waals surface area contributed by atoms with Crippen molar-refractivity contribution in [3.63, 3.8) is 0 Å². The smallest absolute Gasteiger partial charge is 0.276 e. The Bertz CT molecular complexity index is 966. The Hall–Kier alpha value is -2.67. The normalized spacial score (nSPS) is 11.2. The van der Waals surface area contributed by atoms with Gasteiger partial charge in [0.1, 0.15) is 5.52 Å². The van der Waals surface area contributed by atoms with Gasteiger partial charge in [-0.15, -0.1) is 0 Å². The van der Waals surface area contributed by atoms with Crippen LogP contribution in [0.2, 0.25) is 5.02 Å². The molecule has 0 bridgehead atoms. The van der Waals surface area contributed by atoms with Gasteiger partial charge in [-0.05, 0) is 32.0 Å². The van der Waals surface area contributed by atoms with Crippen molar-refractivity contribution in [2.75, 3.05) is 23.3 Å². The summed E-state index contributed by atoms with van der Waals surface area (Å²) in [6.07, 6.45) is 1.45. The van der Waals surface area contributed by atoms with Crippen molar-refractivity contribution in [2.45, 2.75) is 33.6 Å². The Morgan fingerprint density at radius 1 is 1.26 bits per heavy atom. The van der Waals surface area contributed by atoms with Crippen LogP contribution < -0.4 is 10.2 Å². The molecule has 3 aromatic rings. The number of hydrogen-bond donors (Lipinski definition) is 1. The molecule has 2 aromatic heterocycles. The number of benzene rings is 1. The Labute approximate surface area is 162 Å². The Morgan fingerprint density at radius 3 is 2.67 bits per heavy atom. The number of nitrogens with zero attached hydrogens (tertiary/aromatic N) is 4. The number of fused-ring (bicyclic) bond motifs is 1. The molecule has 7 nitrogen and oxygen atoms in total. The van der Waals surface area contributed by atoms with Crippen LogP contribution in [0, 0.1) is 0 Å². The van der Waals surface area contributed by atoms with Gasteiger partial charge in [0.05, 0.1) is 11.2 Å². The number of anilines is 2. The predicted molar refractivity (Wildman–Crippen MR) is 107 cm³/mol. The van der Waals surface area contributed by atoms with Gasteiger partial charge in [-0.1, -0.05) is 25.4 Å². The van der Waals surface area contributed by atoms with Gasteiger partial charge >= 0.3 is 0 Å². The summed E-state index contributed by atoms with van der Waals surface area (Å²) >= 11 is 6.15. The second kappa shape index (κ2) is 7.92. The summed E-state index contributed by atoms with van der Waals surface area (Å²) in [7, 11) is 0. The van der Waals surface area contributed by atoms with E-state index in [-0.39, 0.29) is 16.6 Å². The number of halogens is 1. The fraction of sp³-hybridized carbons (Fsp3) is 0.368. The molecule has 2 heterocycles. The molecule has 0 radical (unpaired) electrons. The number of aromatic nitrogens is 3. The third kappa shape index (κ3) is 4.03. The molecule has 0 unspecified atom stereocenters. The minimum Gasteiger partial charge on any atom is -0.440 e. The number of oxazole rings is 1. The minimum absolute atomic E-state index is 0.136. The highest BCUT2D eigenvalue weighted by molar-refractivity contribution is 6.34. The van der Waals surface area contributed by atoms with Crippen LogP contribution in [0.5, 0.6) is 0 Å². The molecule has 27 heavy (non-hydrogen) atoms. The third-order valence-corrected chi connectivity index (χ3v) is 4.43. The molecular weight excluding hydrogens is 366 g/mol. The second-order valence-corrected chi connectivity index (χ2v) is 6.79. The number of rotatable bonds is 6. The molecule has 0 spiro atoms. The van der Waals surface area contributed by atoms with Crippen LogP contribution in [0.3, 0.4) is 0 Å². The standard InChI is InChI=1S/C19H22ClN5O2/c1-5-25(6-2)19-21-10-13(20)16(24-19)17(26)22-12-7-8-15-14(9-12)23-18(27-15)11(3)4/h7-11H,5-6H2,1-4H3,(H,22,26). The van der Waals surface area contributed by atoms with E-state index in [0.29, 0.717) is 28.6 Å². The molecule has 0 aliphatic carbocycles. The summed E-state index contributed by atoms with van der Waals surface area (Å²) < 4.78 is 5.69. The molecule has 1 amide bonds. The van der Waals surface area contributed by atoms with Crippen molar-refractivity contribution in [3.05, 3.63) is 41.0 Å². The lowest BCUT2D eigenvalue weighted by Crippen LogP contribution is -2.25. The number of carbonyl (C=O) groups is 1. The number of amides is 1. The first-order valence-electron chi connectivity index (χ1n) is 8.92. The molecule has 0 aliphatic rings. The van der Waals surface area contributed by atoms with Crippen LogP contribution in [-0.2, 0) is 0 Å². The van der Waals surface area contributed by atoms with Crippen molar-refractivity contribution < 1.29 is 9.21 Å². The molecule has 0 aliphatic heterocycles. The van der Waals surface area contributed by atoms with Gasteiger partial charge in [0.2, 0.25) is 5.95 Å². The molecule has 8 heteroatoms. The van der Waals surface area contributed by atoms with Gasteiger partial charge < -0.3 is 14.6 Å². The molecule has 0 saturated carbocycles. The topological polar surface area (TPSA) is 84.2 Å². The van der Waals surface area contributed by atoms with E-state index in [4.69, 9.17) is 16.0 Å². The van der Waals surface area contributed by atoms with Crippen LogP contribution in [0.15, 0.2) is 28.8 Å². The molecule has 0 fully saturated rings. The first-order valence-corrected chi connectivity index (χ1v) is 9.30. The van der Waals surface area contributed by atoms with Crippen LogP contribution in [0.1, 0.15) is 50.0 Å². The predicted octanol–water partition coefficient (Wildman–Crippen LogP) is 4.49. The van der Waals surface area contributed by atoms with E-state index in [1.807, 2.05) is 32.6 Å². The SMILES string of the molecule is CCN(CC)c1ncc(Cl)c(C(=O)Nc2ccc3oc(C(C)C)nc3c2)n1. The quantitative estimate of drug-likeness (QED) is 0.670. The zero-order valence-electron chi connectivity index (χ0n) is 15.8. The molecule has 0 atom stereocenters. The van der Waals surface area contributed by atoms with Crippen LogP contribution in [0.4, 0.5) is 11.6 Å². The lowest BCUT2D eigenvalue weighted by Gasteiger charge is -2.19. The molecule has 1 aromatic carbocycles. The highest BCUT2D eigenvalue weighted by Gasteiger charge is 2.17. The van der Waals surface area contributed by atoms with E-state index in [1.165, 1.54) is 6.20 Å². The highest BCUT2D eigenvalue weighted by Crippen LogP contribution is 2.24.